The first-order valence-corrected chi connectivity index (χ1v) is 13.0. The number of piperidine rings is 1. The summed E-state index contributed by atoms with van der Waals surface area (Å²) < 4.78 is 25.0. The first-order valence-electron chi connectivity index (χ1n) is 11.1. The van der Waals surface area contributed by atoms with E-state index in [1.54, 1.807) is 24.3 Å². The lowest BCUT2D eigenvalue weighted by Gasteiger charge is -2.31. The van der Waals surface area contributed by atoms with Gasteiger partial charge in [-0.15, -0.1) is 0 Å². The van der Waals surface area contributed by atoms with Crippen LogP contribution in [-0.2, 0) is 22.9 Å². The fourth-order valence-electron chi connectivity index (χ4n) is 4.02. The molecule has 2 aromatic rings. The van der Waals surface area contributed by atoms with Gasteiger partial charge in [0.2, 0.25) is 10.0 Å². The van der Waals surface area contributed by atoms with E-state index in [9.17, 15) is 13.2 Å². The number of ketones is 1. The minimum atomic E-state index is -3.31. The molecule has 0 spiro atoms. The Balaban J connectivity index is 1.38. The van der Waals surface area contributed by atoms with Gasteiger partial charge in [0, 0.05) is 29.1 Å². The summed E-state index contributed by atoms with van der Waals surface area (Å²) in [5.41, 5.74) is 3.58. The molecule has 0 atom stereocenters. The Kier molecular flexibility index (Phi) is 8.21. The number of sulfonamides is 1. The van der Waals surface area contributed by atoms with Gasteiger partial charge in [0.25, 0.3) is 0 Å². The van der Waals surface area contributed by atoms with Crippen LogP contribution in [-0.4, -0.2) is 50.0 Å². The molecule has 1 aromatic carbocycles. The highest BCUT2D eigenvalue weighted by molar-refractivity contribution is 7.92. The Morgan fingerprint density at radius 2 is 1.81 bits per heavy atom. The van der Waals surface area contributed by atoms with Gasteiger partial charge >= 0.3 is 0 Å². The van der Waals surface area contributed by atoms with Gasteiger partial charge in [0.05, 0.1) is 6.26 Å². The lowest BCUT2D eigenvalue weighted by atomic mass is 9.88. The van der Waals surface area contributed by atoms with E-state index in [4.69, 9.17) is 0 Å². The number of unbranched alkanes of at least 4 members (excludes halogenated alkanes) is 1. The number of rotatable bonds is 10. The van der Waals surface area contributed by atoms with Crippen molar-refractivity contribution < 1.29 is 13.2 Å². The number of nitrogens with one attached hydrogen (secondary N) is 1. The van der Waals surface area contributed by atoms with Gasteiger partial charge in [-0.2, -0.15) is 0 Å². The molecule has 31 heavy (non-hydrogen) atoms. The van der Waals surface area contributed by atoms with Crippen LogP contribution in [0.5, 0.6) is 0 Å². The monoisotopic (exact) mass is 443 g/mol. The van der Waals surface area contributed by atoms with Crippen molar-refractivity contribution >= 4 is 21.5 Å². The third kappa shape index (κ3) is 7.43. The number of carbonyl (C=O) groups is 1. The van der Waals surface area contributed by atoms with E-state index < -0.39 is 10.0 Å². The van der Waals surface area contributed by atoms with Crippen molar-refractivity contribution in [3.05, 3.63) is 59.4 Å². The SMILES string of the molecule is CCc1ccc(CCCCN2CCC(C(=O)c3ccc(NS(C)(=O)=O)cc3)CC2)nc1. The molecule has 7 heteroatoms. The second kappa shape index (κ2) is 10.9. The smallest absolute Gasteiger partial charge is 0.229 e. The van der Waals surface area contributed by atoms with Gasteiger partial charge < -0.3 is 4.90 Å². The number of anilines is 1. The van der Waals surface area contributed by atoms with E-state index in [-0.39, 0.29) is 11.7 Å². The van der Waals surface area contributed by atoms with Crippen molar-refractivity contribution in [1.29, 1.82) is 0 Å². The van der Waals surface area contributed by atoms with Crippen molar-refractivity contribution in [3.8, 4) is 0 Å². The summed E-state index contributed by atoms with van der Waals surface area (Å²) in [6.45, 7) is 5.11. The second-order valence-electron chi connectivity index (χ2n) is 8.40. The van der Waals surface area contributed by atoms with Gasteiger partial charge in [-0.05, 0) is 94.1 Å². The van der Waals surface area contributed by atoms with Crippen LogP contribution in [0.3, 0.4) is 0 Å². The molecule has 0 bridgehead atoms. The fraction of sp³-hybridized carbons (Fsp3) is 0.500. The zero-order valence-electron chi connectivity index (χ0n) is 18.5. The number of Topliss-reactive ketones (excluding diaryl/α,β-unsaturated/α-hetero) is 1. The molecule has 1 aromatic heterocycles. The summed E-state index contributed by atoms with van der Waals surface area (Å²) in [5.74, 6) is 0.207. The number of nitrogens with zero attached hydrogens (tertiary/aromatic N) is 2. The van der Waals surface area contributed by atoms with Crippen LogP contribution in [0.25, 0.3) is 0 Å². The standard InChI is InChI=1S/C24H33N3O3S/c1-3-19-7-10-22(25-18-19)6-4-5-15-27-16-13-21(14-17-27)24(28)20-8-11-23(12-9-20)26-31(2,29)30/h7-12,18,21,26H,3-6,13-17H2,1-2H3. The molecule has 1 fully saturated rings. The molecule has 2 heterocycles. The predicted molar refractivity (Wildman–Crippen MR) is 125 cm³/mol. The van der Waals surface area contributed by atoms with Gasteiger partial charge in [-0.25, -0.2) is 8.42 Å². The molecule has 0 unspecified atom stereocenters. The molecule has 0 aliphatic carbocycles. The summed E-state index contributed by atoms with van der Waals surface area (Å²) in [6, 6.07) is 11.0. The van der Waals surface area contributed by atoms with E-state index in [0.29, 0.717) is 11.3 Å². The van der Waals surface area contributed by atoms with E-state index in [1.807, 2.05) is 6.20 Å². The number of carbonyl (C=O) groups excluding carboxylic acids is 1. The van der Waals surface area contributed by atoms with Crippen molar-refractivity contribution in [3.63, 3.8) is 0 Å². The Labute approximate surface area is 186 Å². The van der Waals surface area contributed by atoms with Gasteiger partial charge in [0.15, 0.2) is 5.78 Å². The number of aromatic nitrogens is 1. The summed E-state index contributed by atoms with van der Waals surface area (Å²) >= 11 is 0. The molecule has 0 radical (unpaired) electrons. The number of aryl methyl sites for hydroxylation is 2. The average molecular weight is 444 g/mol. The third-order valence-electron chi connectivity index (χ3n) is 5.88. The van der Waals surface area contributed by atoms with Crippen LogP contribution in [0.15, 0.2) is 42.6 Å². The highest BCUT2D eigenvalue weighted by atomic mass is 32.2. The number of hydrogen-bond donors (Lipinski definition) is 1. The second-order valence-corrected chi connectivity index (χ2v) is 10.1. The summed E-state index contributed by atoms with van der Waals surface area (Å²) in [4.78, 5) is 19.8. The summed E-state index contributed by atoms with van der Waals surface area (Å²) in [5, 5.41) is 0. The quantitative estimate of drug-likeness (QED) is 0.445. The van der Waals surface area contributed by atoms with Crippen LogP contribution in [0, 0.1) is 5.92 Å². The number of pyridine rings is 1. The maximum Gasteiger partial charge on any atom is 0.229 e. The predicted octanol–water partition coefficient (Wildman–Crippen LogP) is 3.93. The van der Waals surface area contributed by atoms with Crippen molar-refractivity contribution in [2.75, 3.05) is 30.6 Å². The normalized spacial score (nSPS) is 15.7. The Morgan fingerprint density at radius 3 is 2.39 bits per heavy atom. The van der Waals surface area contributed by atoms with Gasteiger partial charge in [-0.3, -0.25) is 14.5 Å². The van der Waals surface area contributed by atoms with Crippen molar-refractivity contribution in [1.82, 2.24) is 9.88 Å². The van der Waals surface area contributed by atoms with Gasteiger partial charge in [0.1, 0.15) is 0 Å². The first-order chi connectivity index (χ1) is 14.8. The van der Waals surface area contributed by atoms with Gasteiger partial charge in [-0.1, -0.05) is 13.0 Å². The minimum Gasteiger partial charge on any atom is -0.303 e. The fourth-order valence-corrected chi connectivity index (χ4v) is 4.59. The van der Waals surface area contributed by atoms with E-state index in [0.717, 1.165) is 64.4 Å². The zero-order valence-corrected chi connectivity index (χ0v) is 19.3. The summed E-state index contributed by atoms with van der Waals surface area (Å²) in [7, 11) is -3.31. The van der Waals surface area contributed by atoms with Crippen LogP contribution in [0.1, 0.15) is 54.2 Å². The lowest BCUT2D eigenvalue weighted by Crippen LogP contribution is -2.37. The van der Waals surface area contributed by atoms with Crippen molar-refractivity contribution in [2.24, 2.45) is 5.92 Å². The molecule has 0 amide bonds. The molecule has 1 N–H and O–H groups in total. The number of likely N-dealkylation sites (tertiary alicyclic amines) is 1. The number of benzene rings is 1. The Hall–Kier alpha value is -2.25. The third-order valence-corrected chi connectivity index (χ3v) is 6.49. The maximum atomic E-state index is 12.8. The molecule has 3 rings (SSSR count). The lowest BCUT2D eigenvalue weighted by molar-refractivity contribution is 0.0839. The molecule has 6 nitrogen and oxygen atoms in total. The molecule has 168 valence electrons. The number of hydrogen-bond acceptors (Lipinski definition) is 5. The minimum absolute atomic E-state index is 0.0475. The highest BCUT2D eigenvalue weighted by Crippen LogP contribution is 2.23. The Bertz CT molecular complexity index is 949. The molecule has 1 aliphatic rings. The zero-order chi connectivity index (χ0) is 22.3. The molecule has 0 saturated carbocycles. The molecule has 1 aliphatic heterocycles. The highest BCUT2D eigenvalue weighted by Gasteiger charge is 2.25. The van der Waals surface area contributed by atoms with E-state index in [1.165, 1.54) is 11.3 Å². The van der Waals surface area contributed by atoms with Crippen LogP contribution in [0.2, 0.25) is 0 Å². The van der Waals surface area contributed by atoms with E-state index >= 15 is 0 Å². The van der Waals surface area contributed by atoms with Crippen LogP contribution >= 0.6 is 0 Å². The first kappa shape index (κ1) is 23.4. The molecule has 1 saturated heterocycles. The average Bonchev–Trinajstić information content (AvgIpc) is 2.76. The van der Waals surface area contributed by atoms with Crippen LogP contribution < -0.4 is 4.72 Å². The van der Waals surface area contributed by atoms with Crippen LogP contribution in [0.4, 0.5) is 5.69 Å². The Morgan fingerprint density at radius 1 is 1.10 bits per heavy atom. The topological polar surface area (TPSA) is 79.4 Å². The molecular weight excluding hydrogens is 410 g/mol. The maximum absolute atomic E-state index is 12.8. The van der Waals surface area contributed by atoms with E-state index in [2.05, 4.69) is 33.7 Å². The largest absolute Gasteiger partial charge is 0.303 e. The molecular formula is C24H33N3O3S. The summed E-state index contributed by atoms with van der Waals surface area (Å²) in [6.07, 6.45) is 9.16. The van der Waals surface area contributed by atoms with Crippen molar-refractivity contribution in [2.45, 2.75) is 45.4 Å².